The predicted molar refractivity (Wildman–Crippen MR) is 63.0 cm³/mol. The SMILES string of the molecule is C=CSC1C2C=C(c3ccccc3)C21. The molecule has 1 aromatic carbocycles. The molecular formula is C13H12S. The van der Waals surface area contributed by atoms with Crippen LogP contribution in [0.15, 0.2) is 48.4 Å². The molecule has 1 saturated carbocycles. The van der Waals surface area contributed by atoms with Crippen molar-refractivity contribution in [3.8, 4) is 0 Å². The van der Waals surface area contributed by atoms with Crippen LogP contribution in [-0.2, 0) is 0 Å². The van der Waals surface area contributed by atoms with E-state index in [1.54, 1.807) is 5.57 Å². The summed E-state index contributed by atoms with van der Waals surface area (Å²) >= 11 is 1.89. The summed E-state index contributed by atoms with van der Waals surface area (Å²) in [7, 11) is 0. The van der Waals surface area contributed by atoms with Crippen LogP contribution in [0, 0.1) is 11.8 Å². The van der Waals surface area contributed by atoms with E-state index in [1.165, 1.54) is 5.56 Å². The van der Waals surface area contributed by atoms with Crippen LogP contribution in [0.25, 0.3) is 5.57 Å². The van der Waals surface area contributed by atoms with Gasteiger partial charge in [-0.2, -0.15) is 0 Å². The van der Waals surface area contributed by atoms with Crippen LogP contribution in [0.5, 0.6) is 0 Å². The molecule has 0 spiro atoms. The van der Waals surface area contributed by atoms with Crippen molar-refractivity contribution >= 4 is 17.3 Å². The molecule has 0 amide bonds. The third kappa shape index (κ3) is 1.09. The minimum atomic E-state index is 0.794. The summed E-state index contributed by atoms with van der Waals surface area (Å²) < 4.78 is 0. The van der Waals surface area contributed by atoms with Gasteiger partial charge in [0.15, 0.2) is 0 Å². The van der Waals surface area contributed by atoms with E-state index >= 15 is 0 Å². The van der Waals surface area contributed by atoms with E-state index < -0.39 is 0 Å². The molecular weight excluding hydrogens is 188 g/mol. The van der Waals surface area contributed by atoms with E-state index in [9.17, 15) is 0 Å². The summed E-state index contributed by atoms with van der Waals surface area (Å²) in [6.07, 6.45) is 2.42. The van der Waals surface area contributed by atoms with Crippen molar-refractivity contribution in [1.82, 2.24) is 0 Å². The van der Waals surface area contributed by atoms with Gasteiger partial charge < -0.3 is 0 Å². The van der Waals surface area contributed by atoms with Gasteiger partial charge in [-0.3, -0.25) is 0 Å². The minimum absolute atomic E-state index is 0.794. The fraction of sp³-hybridized carbons (Fsp3) is 0.231. The largest absolute Gasteiger partial charge is 0.130 e. The summed E-state index contributed by atoms with van der Waals surface area (Å²) in [5.41, 5.74) is 2.95. The van der Waals surface area contributed by atoms with Crippen molar-refractivity contribution in [2.75, 3.05) is 0 Å². The van der Waals surface area contributed by atoms with Crippen molar-refractivity contribution in [3.05, 3.63) is 54.0 Å². The van der Waals surface area contributed by atoms with E-state index in [0.717, 1.165) is 17.1 Å². The van der Waals surface area contributed by atoms with Crippen LogP contribution in [-0.4, -0.2) is 5.25 Å². The summed E-state index contributed by atoms with van der Waals surface area (Å²) in [5.74, 6) is 1.66. The van der Waals surface area contributed by atoms with E-state index in [2.05, 4.69) is 43.0 Å². The zero-order valence-electron chi connectivity index (χ0n) is 7.89. The molecule has 2 aliphatic carbocycles. The van der Waals surface area contributed by atoms with Crippen LogP contribution in [0.4, 0.5) is 0 Å². The highest BCUT2D eigenvalue weighted by Gasteiger charge is 2.57. The average molecular weight is 200 g/mol. The maximum absolute atomic E-state index is 3.78. The van der Waals surface area contributed by atoms with Crippen molar-refractivity contribution < 1.29 is 0 Å². The van der Waals surface area contributed by atoms with E-state index in [0.29, 0.717) is 0 Å². The number of benzene rings is 1. The number of rotatable bonds is 3. The van der Waals surface area contributed by atoms with Crippen LogP contribution in [0.3, 0.4) is 0 Å². The Morgan fingerprint density at radius 2 is 2.00 bits per heavy atom. The maximum atomic E-state index is 3.78. The Morgan fingerprint density at radius 1 is 1.21 bits per heavy atom. The molecule has 0 heterocycles. The first-order valence-electron chi connectivity index (χ1n) is 4.95. The summed E-state index contributed by atoms with van der Waals surface area (Å²) in [6, 6.07) is 10.7. The predicted octanol–water partition coefficient (Wildman–Crippen LogP) is 3.57. The second-order valence-corrected chi connectivity index (χ2v) is 5.01. The molecule has 0 aliphatic heterocycles. The highest BCUT2D eigenvalue weighted by atomic mass is 32.2. The van der Waals surface area contributed by atoms with Gasteiger partial charge in [0.05, 0.1) is 0 Å². The lowest BCUT2D eigenvalue weighted by Crippen LogP contribution is -1.97. The molecule has 3 unspecified atom stereocenters. The van der Waals surface area contributed by atoms with Crippen LogP contribution < -0.4 is 0 Å². The smallest absolute Gasteiger partial charge is 0.0232 e. The van der Waals surface area contributed by atoms with Crippen LogP contribution >= 0.6 is 11.8 Å². The van der Waals surface area contributed by atoms with Gasteiger partial charge in [-0.25, -0.2) is 0 Å². The van der Waals surface area contributed by atoms with Gasteiger partial charge in [0.1, 0.15) is 0 Å². The van der Waals surface area contributed by atoms with Crippen molar-refractivity contribution in [1.29, 1.82) is 0 Å². The molecule has 3 atom stereocenters. The second kappa shape index (κ2) is 3.03. The molecule has 1 heteroatoms. The lowest BCUT2D eigenvalue weighted by Gasteiger charge is -2.12. The zero-order valence-corrected chi connectivity index (χ0v) is 8.71. The fourth-order valence-electron chi connectivity index (χ4n) is 2.29. The minimum Gasteiger partial charge on any atom is -0.130 e. The Kier molecular flexibility index (Phi) is 1.81. The molecule has 0 bridgehead atoms. The quantitative estimate of drug-likeness (QED) is 0.718. The van der Waals surface area contributed by atoms with E-state index in [-0.39, 0.29) is 0 Å². The van der Waals surface area contributed by atoms with Gasteiger partial charge in [-0.05, 0) is 22.5 Å². The van der Waals surface area contributed by atoms with Crippen molar-refractivity contribution in [3.63, 3.8) is 0 Å². The number of hydrogen-bond acceptors (Lipinski definition) is 1. The van der Waals surface area contributed by atoms with Crippen molar-refractivity contribution in [2.45, 2.75) is 5.25 Å². The molecule has 1 aromatic rings. The molecule has 0 saturated heterocycles. The van der Waals surface area contributed by atoms with Crippen LogP contribution in [0.1, 0.15) is 5.56 Å². The van der Waals surface area contributed by atoms with E-state index in [4.69, 9.17) is 0 Å². The Balaban J connectivity index is 1.77. The van der Waals surface area contributed by atoms with Crippen molar-refractivity contribution in [2.24, 2.45) is 11.8 Å². The van der Waals surface area contributed by atoms with Gasteiger partial charge in [0, 0.05) is 11.2 Å². The molecule has 2 aliphatic rings. The number of allylic oxidation sites excluding steroid dienone is 2. The maximum Gasteiger partial charge on any atom is 0.0232 e. The molecule has 0 nitrogen and oxygen atoms in total. The molecule has 0 N–H and O–H groups in total. The first kappa shape index (κ1) is 8.37. The Bertz CT molecular complexity index is 391. The highest BCUT2D eigenvalue weighted by molar-refractivity contribution is 8.03. The topological polar surface area (TPSA) is 0 Å². The first-order chi connectivity index (χ1) is 6.92. The second-order valence-electron chi connectivity index (χ2n) is 3.86. The number of hydrogen-bond donors (Lipinski definition) is 0. The molecule has 3 rings (SSSR count). The van der Waals surface area contributed by atoms with E-state index in [1.807, 2.05) is 17.2 Å². The lowest BCUT2D eigenvalue weighted by molar-refractivity contribution is 0.934. The van der Waals surface area contributed by atoms with Gasteiger partial charge >= 0.3 is 0 Å². The third-order valence-electron chi connectivity index (χ3n) is 3.10. The lowest BCUT2D eigenvalue weighted by atomic mass is 9.92. The van der Waals surface area contributed by atoms with Gasteiger partial charge in [0.25, 0.3) is 0 Å². The molecule has 1 fully saturated rings. The Morgan fingerprint density at radius 3 is 2.71 bits per heavy atom. The van der Waals surface area contributed by atoms with Crippen LogP contribution in [0.2, 0.25) is 0 Å². The number of thioether (sulfide) groups is 1. The van der Waals surface area contributed by atoms with Gasteiger partial charge in [0.2, 0.25) is 0 Å². The zero-order chi connectivity index (χ0) is 9.54. The average Bonchev–Trinajstić information content (AvgIpc) is 2.71. The molecule has 70 valence electrons. The molecule has 0 aromatic heterocycles. The Hall–Kier alpha value is -0.950. The molecule has 0 radical (unpaired) electrons. The first-order valence-corrected chi connectivity index (χ1v) is 5.89. The van der Waals surface area contributed by atoms with Gasteiger partial charge in [-0.15, -0.1) is 11.8 Å². The third-order valence-corrected chi connectivity index (χ3v) is 4.21. The summed E-state index contributed by atoms with van der Waals surface area (Å²) in [6.45, 7) is 3.78. The summed E-state index contributed by atoms with van der Waals surface area (Å²) in [4.78, 5) is 0. The standard InChI is InChI=1S/C13H12S/c1-2-14-13-11-8-10(12(11)13)9-6-4-3-5-7-9/h2-8,11-13H,1H2. The Labute approximate surface area is 88.7 Å². The normalized spacial score (nSPS) is 32.6. The highest BCUT2D eigenvalue weighted by Crippen LogP contribution is 2.63. The number of fused-ring (bicyclic) bond motifs is 1. The molecule has 14 heavy (non-hydrogen) atoms. The van der Waals surface area contributed by atoms with Gasteiger partial charge in [-0.1, -0.05) is 43.0 Å². The fourth-order valence-corrected chi connectivity index (χ4v) is 3.35. The monoisotopic (exact) mass is 200 g/mol. The summed E-state index contributed by atoms with van der Waals surface area (Å²) in [5, 5.41) is 2.77.